The number of hydrogen-bond acceptors (Lipinski definition) is 1. The third-order valence-corrected chi connectivity index (χ3v) is 0.756. The molecule has 0 amide bonds. The molecule has 1 radical (unpaired) electrons. The van der Waals surface area contributed by atoms with Crippen LogP contribution in [0.4, 0.5) is 0 Å². The van der Waals surface area contributed by atoms with E-state index < -0.39 is 0 Å². The van der Waals surface area contributed by atoms with Crippen LogP contribution in [-0.2, 0) is 32.7 Å². The zero-order valence-corrected chi connectivity index (χ0v) is 7.83. The second kappa shape index (κ2) is 6.21. The summed E-state index contributed by atoms with van der Waals surface area (Å²) in [6.07, 6.45) is 0. The number of hydrogen-bond donors (Lipinski definition) is 1. The summed E-state index contributed by atoms with van der Waals surface area (Å²) < 4.78 is 0. The average molecular weight is 199 g/mol. The summed E-state index contributed by atoms with van der Waals surface area (Å²) >= 11 is 0. The smallest absolute Gasteiger partial charge is 0.115 e. The minimum Gasteiger partial charge on any atom is -0.693 e. The molecule has 1 rings (SSSR count). The van der Waals surface area contributed by atoms with E-state index in [0.717, 1.165) is 0 Å². The van der Waals surface area contributed by atoms with Crippen molar-refractivity contribution in [3.8, 4) is 5.75 Å². The van der Waals surface area contributed by atoms with Crippen LogP contribution >= 0.6 is 0 Å². The van der Waals surface area contributed by atoms with Crippen molar-refractivity contribution in [1.29, 1.82) is 0 Å². The van der Waals surface area contributed by atoms with Crippen LogP contribution in [0.5, 0.6) is 5.75 Å². The van der Waals surface area contributed by atoms with Crippen LogP contribution in [0.25, 0.3) is 6.15 Å². The second-order valence-corrected chi connectivity index (χ2v) is 1.34. The minimum absolute atomic E-state index is 0. The van der Waals surface area contributed by atoms with Crippen LogP contribution in [0, 0.1) is 0 Å². The Morgan fingerprint density at radius 2 is 1.44 bits per heavy atom. The van der Waals surface area contributed by atoms with Gasteiger partial charge in [0.15, 0.2) is 0 Å². The maximum Gasteiger partial charge on any atom is 0.115 e. The molecule has 0 atom stereocenters. The summed E-state index contributed by atoms with van der Waals surface area (Å²) in [5.41, 5.74) is 0. The quantitative estimate of drug-likeness (QED) is 0.683. The summed E-state index contributed by atoms with van der Waals surface area (Å²) in [6, 6.07) is 8.71. The normalized spacial score (nSPS) is 6.67. The van der Waals surface area contributed by atoms with E-state index in [1.165, 1.54) is 0 Å². The van der Waals surface area contributed by atoms with E-state index in [1.54, 1.807) is 24.3 Å². The van der Waals surface area contributed by atoms with Gasteiger partial charge in [-0.25, -0.2) is 0 Å². The molecular weight excluding hydrogens is 191 g/mol. The fraction of sp³-hybridized carbons (Fsp3) is 0. The molecule has 2 nitrogen and oxygen atoms in total. The van der Waals surface area contributed by atoms with Gasteiger partial charge < -0.3 is 11.3 Å². The largest absolute Gasteiger partial charge is 0.693 e. The molecule has 0 aliphatic rings. The van der Waals surface area contributed by atoms with E-state index in [1.807, 2.05) is 6.07 Å². The Kier molecular flexibility index (Phi) is 8.16. The molecule has 0 heterocycles. The Labute approximate surface area is 79.7 Å². The molecule has 3 heteroatoms. The van der Waals surface area contributed by atoms with Gasteiger partial charge in [-0.3, -0.25) is 0 Å². The van der Waals surface area contributed by atoms with E-state index in [-0.39, 0.29) is 38.9 Å². The van der Waals surface area contributed by atoms with Gasteiger partial charge >= 0.3 is 0 Å². The van der Waals surface area contributed by atoms with E-state index in [9.17, 15) is 0 Å². The van der Waals surface area contributed by atoms with Gasteiger partial charge in [0, 0.05) is 32.7 Å². The molecule has 0 saturated carbocycles. The standard InChI is InChI=1S/C6H6O.H2N.Y/c7-6-4-2-1-3-5-6;;/h1-5,7H;1H2;/q;-1;. The summed E-state index contributed by atoms with van der Waals surface area (Å²) in [5, 5.41) is 8.63. The summed E-state index contributed by atoms with van der Waals surface area (Å²) in [5.74, 6) is 0.322. The second-order valence-electron chi connectivity index (χ2n) is 1.34. The molecule has 47 valence electrons. The first-order chi connectivity index (χ1) is 3.39. The van der Waals surface area contributed by atoms with Crippen LogP contribution in [0.2, 0.25) is 0 Å². The SMILES string of the molecule is Oc1ccccc1.[NH2-].[Y]. The summed E-state index contributed by atoms with van der Waals surface area (Å²) in [6.45, 7) is 0. The van der Waals surface area contributed by atoms with Crippen molar-refractivity contribution >= 4 is 0 Å². The molecule has 0 bridgehead atoms. The molecule has 3 N–H and O–H groups in total. The maximum absolute atomic E-state index is 8.63. The van der Waals surface area contributed by atoms with E-state index in [4.69, 9.17) is 5.11 Å². The van der Waals surface area contributed by atoms with Crippen LogP contribution in [0.3, 0.4) is 0 Å². The van der Waals surface area contributed by atoms with Gasteiger partial charge in [0.25, 0.3) is 0 Å². The number of aromatic hydroxyl groups is 1. The Bertz CT molecular complexity index is 143. The first kappa shape index (κ1) is 11.8. The number of para-hydroxylation sites is 1. The number of nitrogens with two attached hydrogens (primary N) is 1. The van der Waals surface area contributed by atoms with E-state index in [2.05, 4.69) is 0 Å². The third-order valence-electron chi connectivity index (χ3n) is 0.756. The van der Waals surface area contributed by atoms with Crippen LogP contribution < -0.4 is 0 Å². The van der Waals surface area contributed by atoms with Crippen molar-refractivity contribution in [3.63, 3.8) is 0 Å². The minimum atomic E-state index is 0. The molecular formula is C6H8NOY-. The zero-order valence-electron chi connectivity index (χ0n) is 4.99. The maximum atomic E-state index is 8.63. The monoisotopic (exact) mass is 199 g/mol. The molecule has 1 aromatic rings. The molecule has 0 saturated heterocycles. The first-order valence-electron chi connectivity index (χ1n) is 2.13. The van der Waals surface area contributed by atoms with Crippen molar-refractivity contribution in [3.05, 3.63) is 36.5 Å². The van der Waals surface area contributed by atoms with Gasteiger partial charge in [-0.2, -0.15) is 0 Å². The molecule has 1 aromatic carbocycles. The Morgan fingerprint density at radius 3 is 1.67 bits per heavy atom. The van der Waals surface area contributed by atoms with Crippen molar-refractivity contribution in [2.24, 2.45) is 0 Å². The van der Waals surface area contributed by atoms with Gasteiger partial charge in [0.2, 0.25) is 0 Å². The fourth-order valence-corrected chi connectivity index (χ4v) is 0.428. The number of rotatable bonds is 0. The Balaban J connectivity index is 0. The molecule has 0 unspecified atom stereocenters. The van der Waals surface area contributed by atoms with Crippen LogP contribution in [0.15, 0.2) is 30.3 Å². The van der Waals surface area contributed by atoms with Crippen molar-refractivity contribution in [1.82, 2.24) is 0 Å². The Hall–Kier alpha value is 0.0839. The molecule has 9 heavy (non-hydrogen) atoms. The van der Waals surface area contributed by atoms with E-state index >= 15 is 0 Å². The zero-order chi connectivity index (χ0) is 5.11. The van der Waals surface area contributed by atoms with Gasteiger partial charge in [-0.05, 0) is 12.1 Å². The van der Waals surface area contributed by atoms with Crippen LogP contribution in [-0.4, -0.2) is 5.11 Å². The van der Waals surface area contributed by atoms with Gasteiger partial charge in [-0.1, -0.05) is 18.2 Å². The molecule has 0 fully saturated rings. The number of benzene rings is 1. The predicted octanol–water partition coefficient (Wildman–Crippen LogP) is 2.11. The third kappa shape index (κ3) is 4.58. The van der Waals surface area contributed by atoms with E-state index in [0.29, 0.717) is 5.75 Å². The number of phenols is 1. The van der Waals surface area contributed by atoms with Gasteiger partial charge in [0.05, 0.1) is 0 Å². The fourth-order valence-electron chi connectivity index (χ4n) is 0.428. The molecule has 0 aromatic heterocycles. The summed E-state index contributed by atoms with van der Waals surface area (Å²) in [7, 11) is 0. The van der Waals surface area contributed by atoms with Crippen LogP contribution in [0.1, 0.15) is 0 Å². The van der Waals surface area contributed by atoms with Crippen molar-refractivity contribution in [2.45, 2.75) is 0 Å². The van der Waals surface area contributed by atoms with Crippen molar-refractivity contribution in [2.75, 3.05) is 0 Å². The molecule has 0 aliphatic heterocycles. The van der Waals surface area contributed by atoms with Gasteiger partial charge in [-0.15, -0.1) is 0 Å². The molecule has 0 aliphatic carbocycles. The Morgan fingerprint density at radius 1 is 1.00 bits per heavy atom. The predicted molar refractivity (Wildman–Crippen MR) is 33.4 cm³/mol. The van der Waals surface area contributed by atoms with Crippen molar-refractivity contribution < 1.29 is 37.8 Å². The molecule has 0 spiro atoms. The number of phenolic OH excluding ortho intramolecular Hbond substituents is 1. The average Bonchev–Trinajstić information content (AvgIpc) is 1.69. The first-order valence-corrected chi connectivity index (χ1v) is 2.13. The summed E-state index contributed by atoms with van der Waals surface area (Å²) in [4.78, 5) is 0. The van der Waals surface area contributed by atoms with Gasteiger partial charge in [0.1, 0.15) is 5.75 Å². The topological polar surface area (TPSA) is 53.7 Å².